The molecule has 1 aromatic carbocycles. The summed E-state index contributed by atoms with van der Waals surface area (Å²) in [5.74, 6) is -0.526. The lowest BCUT2D eigenvalue weighted by molar-refractivity contribution is -0.387. The molecule has 19 heavy (non-hydrogen) atoms. The smallest absolute Gasteiger partial charge is 0.305 e. The summed E-state index contributed by atoms with van der Waals surface area (Å²) in [6.07, 6.45) is 1.59. The van der Waals surface area contributed by atoms with Gasteiger partial charge >= 0.3 is 5.69 Å². The van der Waals surface area contributed by atoms with E-state index in [2.05, 4.69) is 6.07 Å². The molecule has 0 spiro atoms. The Morgan fingerprint density at radius 3 is 3.00 bits per heavy atom. The fourth-order valence-corrected chi connectivity index (χ4v) is 2.28. The van der Waals surface area contributed by atoms with Crippen molar-refractivity contribution < 1.29 is 14.1 Å². The van der Waals surface area contributed by atoms with Gasteiger partial charge in [-0.25, -0.2) is 0 Å². The molecule has 0 fully saturated rings. The van der Waals surface area contributed by atoms with Gasteiger partial charge in [0.15, 0.2) is 0 Å². The summed E-state index contributed by atoms with van der Waals surface area (Å²) in [5.41, 5.74) is -0.152. The van der Waals surface area contributed by atoms with Gasteiger partial charge < -0.3 is 4.74 Å². The number of benzene rings is 1. The summed E-state index contributed by atoms with van der Waals surface area (Å²) in [7, 11) is 0. The number of nitro groups is 1. The standard InChI is InChI=1S/C13H13FN2O3/c1-13(3-2-4-15)7-9-5-11(16(17)18)10(14)6-12(9)19-8-13/h5-6H,2-3,7-8H2,1H3. The maximum atomic E-state index is 13.5. The molecule has 1 unspecified atom stereocenters. The number of nitro benzene ring substituents is 1. The average Bonchev–Trinajstić information content (AvgIpc) is 2.36. The van der Waals surface area contributed by atoms with Crippen molar-refractivity contribution in [1.82, 2.24) is 0 Å². The molecule has 0 N–H and O–H groups in total. The minimum Gasteiger partial charge on any atom is -0.493 e. The topological polar surface area (TPSA) is 76.2 Å². The monoisotopic (exact) mass is 264 g/mol. The molecule has 0 amide bonds. The zero-order valence-electron chi connectivity index (χ0n) is 10.5. The van der Waals surface area contributed by atoms with Crippen LogP contribution in [0.2, 0.25) is 0 Å². The van der Waals surface area contributed by atoms with E-state index in [0.29, 0.717) is 37.2 Å². The molecule has 6 heteroatoms. The predicted molar refractivity (Wildman–Crippen MR) is 65.2 cm³/mol. The Kier molecular flexibility index (Phi) is 3.38. The van der Waals surface area contributed by atoms with Crippen LogP contribution in [0.25, 0.3) is 0 Å². The second-order valence-electron chi connectivity index (χ2n) is 5.10. The van der Waals surface area contributed by atoms with E-state index in [1.165, 1.54) is 6.07 Å². The van der Waals surface area contributed by atoms with E-state index in [1.807, 2.05) is 6.92 Å². The maximum absolute atomic E-state index is 13.5. The van der Waals surface area contributed by atoms with Gasteiger partial charge in [-0.05, 0) is 12.8 Å². The normalized spacial score (nSPS) is 21.1. The predicted octanol–water partition coefficient (Wildman–Crippen LogP) is 2.98. The lowest BCUT2D eigenvalue weighted by Gasteiger charge is -2.34. The summed E-state index contributed by atoms with van der Waals surface area (Å²) in [6, 6.07) is 4.38. The summed E-state index contributed by atoms with van der Waals surface area (Å²) >= 11 is 0. The molecule has 0 saturated carbocycles. The Labute approximate surface area is 109 Å². The van der Waals surface area contributed by atoms with Crippen molar-refractivity contribution >= 4 is 5.69 Å². The first-order valence-corrected chi connectivity index (χ1v) is 5.92. The lowest BCUT2D eigenvalue weighted by atomic mass is 9.78. The van der Waals surface area contributed by atoms with Crippen LogP contribution in [0.4, 0.5) is 10.1 Å². The number of rotatable bonds is 3. The van der Waals surface area contributed by atoms with E-state index in [4.69, 9.17) is 10.00 Å². The summed E-state index contributed by atoms with van der Waals surface area (Å²) < 4.78 is 18.9. The third kappa shape index (κ3) is 2.65. The van der Waals surface area contributed by atoms with Crippen LogP contribution in [-0.4, -0.2) is 11.5 Å². The molecule has 0 aromatic heterocycles. The Morgan fingerprint density at radius 1 is 1.63 bits per heavy atom. The van der Waals surface area contributed by atoms with Crippen LogP contribution < -0.4 is 4.74 Å². The van der Waals surface area contributed by atoms with Gasteiger partial charge in [0.2, 0.25) is 5.82 Å². The Bertz CT molecular complexity index is 568. The molecule has 1 heterocycles. The van der Waals surface area contributed by atoms with Gasteiger partial charge in [-0.2, -0.15) is 9.65 Å². The molecule has 0 radical (unpaired) electrons. The molecule has 0 saturated heterocycles. The molecule has 0 bridgehead atoms. The first kappa shape index (κ1) is 13.3. The number of fused-ring (bicyclic) bond motifs is 1. The fourth-order valence-electron chi connectivity index (χ4n) is 2.28. The van der Waals surface area contributed by atoms with Crippen LogP contribution in [0.3, 0.4) is 0 Å². The van der Waals surface area contributed by atoms with Gasteiger partial charge in [-0.3, -0.25) is 10.1 Å². The summed E-state index contributed by atoms with van der Waals surface area (Å²) in [5, 5.41) is 19.4. The Balaban J connectivity index is 2.32. The number of nitriles is 1. The third-order valence-electron chi connectivity index (χ3n) is 3.36. The molecule has 100 valence electrons. The molecule has 1 aromatic rings. The van der Waals surface area contributed by atoms with Gasteiger partial charge in [-0.1, -0.05) is 6.92 Å². The van der Waals surface area contributed by atoms with Gasteiger partial charge in [0.05, 0.1) is 17.6 Å². The highest BCUT2D eigenvalue weighted by atomic mass is 19.1. The van der Waals surface area contributed by atoms with E-state index in [-0.39, 0.29) is 5.41 Å². The SMILES string of the molecule is CC1(CCC#N)COc2cc(F)c([N+](=O)[O-])cc2C1. The maximum Gasteiger partial charge on any atom is 0.305 e. The molecular formula is C13H13FN2O3. The van der Waals surface area contributed by atoms with Crippen LogP contribution in [0.5, 0.6) is 5.75 Å². The van der Waals surface area contributed by atoms with E-state index >= 15 is 0 Å². The number of hydrogen-bond acceptors (Lipinski definition) is 4. The molecule has 0 aliphatic carbocycles. The first-order chi connectivity index (χ1) is 8.95. The molecular weight excluding hydrogens is 251 g/mol. The highest BCUT2D eigenvalue weighted by molar-refractivity contribution is 5.46. The first-order valence-electron chi connectivity index (χ1n) is 5.92. The second kappa shape index (κ2) is 4.84. The van der Waals surface area contributed by atoms with E-state index in [0.717, 1.165) is 6.07 Å². The summed E-state index contributed by atoms with van der Waals surface area (Å²) in [4.78, 5) is 9.98. The van der Waals surface area contributed by atoms with Gasteiger partial charge in [0, 0.05) is 29.5 Å². The minimum absolute atomic E-state index is 0.242. The molecule has 1 aliphatic rings. The molecule has 2 rings (SSSR count). The van der Waals surface area contributed by atoms with Crippen molar-refractivity contribution in [1.29, 1.82) is 5.26 Å². The van der Waals surface area contributed by atoms with Crippen molar-refractivity contribution in [3.05, 3.63) is 33.6 Å². The average molecular weight is 264 g/mol. The van der Waals surface area contributed by atoms with E-state index in [1.54, 1.807) is 0 Å². The van der Waals surface area contributed by atoms with Crippen LogP contribution in [-0.2, 0) is 6.42 Å². The quantitative estimate of drug-likeness (QED) is 0.621. The third-order valence-corrected chi connectivity index (χ3v) is 3.36. The van der Waals surface area contributed by atoms with Gasteiger partial charge in [0.1, 0.15) is 5.75 Å². The zero-order valence-corrected chi connectivity index (χ0v) is 10.5. The van der Waals surface area contributed by atoms with Crippen molar-refractivity contribution in [3.63, 3.8) is 0 Å². The molecule has 1 aliphatic heterocycles. The number of halogens is 1. The van der Waals surface area contributed by atoms with Crippen LogP contribution in [0.1, 0.15) is 25.3 Å². The molecule has 5 nitrogen and oxygen atoms in total. The Hall–Kier alpha value is -2.16. The second-order valence-corrected chi connectivity index (χ2v) is 5.10. The summed E-state index contributed by atoms with van der Waals surface area (Å²) in [6.45, 7) is 2.35. The largest absolute Gasteiger partial charge is 0.493 e. The van der Waals surface area contributed by atoms with Crippen molar-refractivity contribution in [3.8, 4) is 11.8 Å². The number of nitrogens with zero attached hydrogens (tertiary/aromatic N) is 2. The minimum atomic E-state index is -0.885. The van der Waals surface area contributed by atoms with Crippen molar-refractivity contribution in [2.75, 3.05) is 6.61 Å². The highest BCUT2D eigenvalue weighted by Gasteiger charge is 2.33. The van der Waals surface area contributed by atoms with Crippen LogP contribution in [0, 0.1) is 32.7 Å². The van der Waals surface area contributed by atoms with E-state index < -0.39 is 16.4 Å². The van der Waals surface area contributed by atoms with E-state index in [9.17, 15) is 14.5 Å². The zero-order chi connectivity index (χ0) is 14.0. The number of ether oxygens (including phenoxy) is 1. The highest BCUT2D eigenvalue weighted by Crippen LogP contribution is 2.39. The van der Waals surface area contributed by atoms with Crippen LogP contribution >= 0.6 is 0 Å². The van der Waals surface area contributed by atoms with Crippen molar-refractivity contribution in [2.24, 2.45) is 5.41 Å². The molecule has 1 atom stereocenters. The number of hydrogen-bond donors (Lipinski definition) is 0. The lowest BCUT2D eigenvalue weighted by Crippen LogP contribution is -2.32. The van der Waals surface area contributed by atoms with Gasteiger partial charge in [0.25, 0.3) is 0 Å². The van der Waals surface area contributed by atoms with Crippen LogP contribution in [0.15, 0.2) is 12.1 Å². The van der Waals surface area contributed by atoms with Crippen molar-refractivity contribution in [2.45, 2.75) is 26.2 Å². The Morgan fingerprint density at radius 2 is 2.37 bits per heavy atom. The fraction of sp³-hybridized carbons (Fsp3) is 0.462. The van der Waals surface area contributed by atoms with Gasteiger partial charge in [-0.15, -0.1) is 0 Å².